The van der Waals surface area contributed by atoms with E-state index >= 15 is 0 Å². The first-order valence-corrected chi connectivity index (χ1v) is 4.98. The van der Waals surface area contributed by atoms with E-state index in [0.717, 1.165) is 6.42 Å². The monoisotopic (exact) mass is 212 g/mol. The minimum absolute atomic E-state index is 0.0642. The summed E-state index contributed by atoms with van der Waals surface area (Å²) in [6.07, 6.45) is 0.784. The van der Waals surface area contributed by atoms with Crippen molar-refractivity contribution in [2.75, 3.05) is 0 Å². The first-order chi connectivity index (χ1) is 6.63. The third kappa shape index (κ3) is 3.04. The van der Waals surface area contributed by atoms with E-state index < -0.39 is 0 Å². The van der Waals surface area contributed by atoms with Gasteiger partial charge in [-0.15, -0.1) is 0 Å². The van der Waals surface area contributed by atoms with Gasteiger partial charge < -0.3 is 4.74 Å². The highest BCUT2D eigenvalue weighted by atomic mass is 35.5. The van der Waals surface area contributed by atoms with Gasteiger partial charge in [0.2, 0.25) is 0 Å². The van der Waals surface area contributed by atoms with Crippen molar-refractivity contribution in [1.82, 2.24) is 0 Å². The molecule has 0 N–H and O–H groups in total. The number of carbonyl (C=O) groups is 1. The van der Waals surface area contributed by atoms with Gasteiger partial charge in [-0.05, 0) is 30.7 Å². The van der Waals surface area contributed by atoms with Crippen LogP contribution < -0.4 is 4.74 Å². The lowest BCUT2D eigenvalue weighted by Gasteiger charge is -2.08. The fourth-order valence-electron chi connectivity index (χ4n) is 0.886. The largest absolute Gasteiger partial charge is 0.426 e. The van der Waals surface area contributed by atoms with Gasteiger partial charge in [-0.1, -0.05) is 25.4 Å². The maximum Gasteiger partial charge on any atom is 0.314 e. The van der Waals surface area contributed by atoms with Gasteiger partial charge in [-0.3, -0.25) is 4.79 Å². The van der Waals surface area contributed by atoms with Crippen LogP contribution in [0.2, 0.25) is 5.02 Å². The molecule has 0 radical (unpaired) electrons. The van der Waals surface area contributed by atoms with Crippen LogP contribution in [0.1, 0.15) is 20.3 Å². The number of hydrogen-bond donors (Lipinski definition) is 0. The highest BCUT2D eigenvalue weighted by Crippen LogP contribution is 2.17. The molecule has 0 saturated heterocycles. The number of benzene rings is 1. The Morgan fingerprint density at radius 1 is 1.43 bits per heavy atom. The summed E-state index contributed by atoms with van der Waals surface area (Å²) < 4.78 is 5.12. The predicted molar refractivity (Wildman–Crippen MR) is 56.5 cm³/mol. The van der Waals surface area contributed by atoms with Crippen molar-refractivity contribution in [3.8, 4) is 5.75 Å². The molecule has 0 bridgehead atoms. The van der Waals surface area contributed by atoms with E-state index in [4.69, 9.17) is 16.3 Å². The van der Waals surface area contributed by atoms with Crippen molar-refractivity contribution in [3.05, 3.63) is 29.3 Å². The predicted octanol–water partition coefficient (Wildman–Crippen LogP) is 3.29. The first-order valence-electron chi connectivity index (χ1n) is 4.60. The fraction of sp³-hybridized carbons (Fsp3) is 0.364. The van der Waals surface area contributed by atoms with Crippen LogP contribution >= 0.6 is 11.6 Å². The molecular weight excluding hydrogens is 200 g/mol. The van der Waals surface area contributed by atoms with E-state index in [0.29, 0.717) is 10.8 Å². The van der Waals surface area contributed by atoms with Crippen LogP contribution in [-0.2, 0) is 4.79 Å². The van der Waals surface area contributed by atoms with Gasteiger partial charge in [-0.25, -0.2) is 0 Å². The zero-order valence-electron chi connectivity index (χ0n) is 8.29. The van der Waals surface area contributed by atoms with Crippen LogP contribution in [0.4, 0.5) is 0 Å². The summed E-state index contributed by atoms with van der Waals surface area (Å²) in [6, 6.07) is 6.76. The van der Waals surface area contributed by atoms with Gasteiger partial charge >= 0.3 is 5.97 Å². The molecule has 1 rings (SSSR count). The number of ether oxygens (including phenoxy) is 1. The van der Waals surface area contributed by atoms with Crippen molar-refractivity contribution in [2.24, 2.45) is 5.92 Å². The Hall–Kier alpha value is -1.02. The second-order valence-corrected chi connectivity index (χ2v) is 3.62. The summed E-state index contributed by atoms with van der Waals surface area (Å²) in [5.74, 6) is 0.278. The fourth-order valence-corrected chi connectivity index (χ4v) is 1.01. The third-order valence-electron chi connectivity index (χ3n) is 2.05. The number of esters is 1. The second-order valence-electron chi connectivity index (χ2n) is 3.18. The average Bonchev–Trinajstić information content (AvgIpc) is 2.20. The Balaban J connectivity index is 2.60. The lowest BCUT2D eigenvalue weighted by Crippen LogP contribution is -2.16. The first kappa shape index (κ1) is 11.1. The van der Waals surface area contributed by atoms with Gasteiger partial charge in [0.05, 0.1) is 5.92 Å². The summed E-state index contributed by atoms with van der Waals surface area (Å²) in [7, 11) is 0. The molecule has 0 heterocycles. The van der Waals surface area contributed by atoms with E-state index in [9.17, 15) is 4.79 Å². The van der Waals surface area contributed by atoms with Gasteiger partial charge in [0.1, 0.15) is 5.75 Å². The van der Waals surface area contributed by atoms with E-state index in [1.54, 1.807) is 24.3 Å². The van der Waals surface area contributed by atoms with Crippen LogP contribution in [0.15, 0.2) is 24.3 Å². The Morgan fingerprint density at radius 3 is 2.50 bits per heavy atom. The molecule has 76 valence electrons. The van der Waals surface area contributed by atoms with Crippen LogP contribution in [0.5, 0.6) is 5.75 Å². The van der Waals surface area contributed by atoms with Crippen LogP contribution in [0, 0.1) is 5.92 Å². The molecule has 2 nitrogen and oxygen atoms in total. The molecule has 14 heavy (non-hydrogen) atoms. The highest BCUT2D eigenvalue weighted by Gasteiger charge is 2.12. The highest BCUT2D eigenvalue weighted by molar-refractivity contribution is 6.30. The molecule has 0 saturated carbocycles. The molecule has 0 aliphatic carbocycles. The van der Waals surface area contributed by atoms with Gasteiger partial charge in [0, 0.05) is 5.02 Å². The summed E-state index contributed by atoms with van der Waals surface area (Å²) in [6.45, 7) is 3.80. The average molecular weight is 213 g/mol. The van der Waals surface area contributed by atoms with Crippen LogP contribution in [-0.4, -0.2) is 5.97 Å². The topological polar surface area (TPSA) is 26.3 Å². The molecule has 0 fully saturated rings. The maximum atomic E-state index is 11.4. The normalized spacial score (nSPS) is 12.2. The van der Waals surface area contributed by atoms with Gasteiger partial charge in [-0.2, -0.15) is 0 Å². The van der Waals surface area contributed by atoms with Crippen molar-refractivity contribution in [2.45, 2.75) is 20.3 Å². The van der Waals surface area contributed by atoms with E-state index in [-0.39, 0.29) is 11.9 Å². The lowest BCUT2D eigenvalue weighted by atomic mass is 10.1. The molecule has 0 amide bonds. The number of carbonyl (C=O) groups excluding carboxylic acids is 1. The van der Waals surface area contributed by atoms with Crippen molar-refractivity contribution >= 4 is 17.6 Å². The molecule has 1 unspecified atom stereocenters. The maximum absolute atomic E-state index is 11.4. The molecule has 0 aliphatic rings. The molecule has 0 aliphatic heterocycles. The van der Waals surface area contributed by atoms with E-state index in [2.05, 4.69) is 0 Å². The zero-order valence-corrected chi connectivity index (χ0v) is 9.04. The Morgan fingerprint density at radius 2 is 2.00 bits per heavy atom. The van der Waals surface area contributed by atoms with Gasteiger partial charge in [0.25, 0.3) is 0 Å². The Bertz CT molecular complexity index is 306. The molecule has 0 aromatic heterocycles. The smallest absolute Gasteiger partial charge is 0.314 e. The van der Waals surface area contributed by atoms with Crippen molar-refractivity contribution in [3.63, 3.8) is 0 Å². The number of halogens is 1. The Labute approximate surface area is 88.8 Å². The third-order valence-corrected chi connectivity index (χ3v) is 2.30. The number of rotatable bonds is 3. The summed E-state index contributed by atoms with van der Waals surface area (Å²) in [5.41, 5.74) is 0. The van der Waals surface area contributed by atoms with Gasteiger partial charge in [0.15, 0.2) is 0 Å². The lowest BCUT2D eigenvalue weighted by molar-refractivity contribution is -0.138. The van der Waals surface area contributed by atoms with Crippen molar-refractivity contribution < 1.29 is 9.53 Å². The van der Waals surface area contributed by atoms with Crippen LogP contribution in [0.25, 0.3) is 0 Å². The quantitative estimate of drug-likeness (QED) is 0.568. The molecule has 1 aromatic rings. The molecule has 0 spiro atoms. The number of hydrogen-bond acceptors (Lipinski definition) is 2. The minimum Gasteiger partial charge on any atom is -0.426 e. The minimum atomic E-state index is -0.199. The van der Waals surface area contributed by atoms with E-state index in [1.807, 2.05) is 13.8 Å². The Kier molecular flexibility index (Phi) is 3.96. The second kappa shape index (κ2) is 5.01. The molecule has 3 heteroatoms. The zero-order chi connectivity index (χ0) is 10.6. The SMILES string of the molecule is CCC(C)C(=O)Oc1ccc(Cl)cc1. The standard InChI is InChI=1S/C11H13ClO2/c1-3-8(2)11(13)14-10-6-4-9(12)5-7-10/h4-8H,3H2,1-2H3. The summed E-state index contributed by atoms with van der Waals surface area (Å²) >= 11 is 5.70. The summed E-state index contributed by atoms with van der Waals surface area (Å²) in [4.78, 5) is 11.4. The van der Waals surface area contributed by atoms with E-state index in [1.165, 1.54) is 0 Å². The molecule has 1 aromatic carbocycles. The van der Waals surface area contributed by atoms with Crippen LogP contribution in [0.3, 0.4) is 0 Å². The molecule has 1 atom stereocenters. The molecular formula is C11H13ClO2. The summed E-state index contributed by atoms with van der Waals surface area (Å²) in [5, 5.41) is 0.633. The van der Waals surface area contributed by atoms with Crippen molar-refractivity contribution in [1.29, 1.82) is 0 Å².